The van der Waals surface area contributed by atoms with E-state index in [1.54, 1.807) is 0 Å². The van der Waals surface area contributed by atoms with Crippen molar-refractivity contribution < 1.29 is 9.90 Å². The highest BCUT2D eigenvalue weighted by molar-refractivity contribution is 5.79. The minimum atomic E-state index is -0.129. The summed E-state index contributed by atoms with van der Waals surface area (Å²) in [5.41, 5.74) is 7.47. The van der Waals surface area contributed by atoms with Crippen LogP contribution in [0.4, 0.5) is 0 Å². The molecule has 0 radical (unpaired) electrons. The van der Waals surface area contributed by atoms with Gasteiger partial charge in [-0.2, -0.15) is 0 Å². The molecule has 158 valence electrons. The van der Waals surface area contributed by atoms with Gasteiger partial charge in [-0.25, -0.2) is 0 Å². The SMILES string of the molecule is CCCC(c1cc(C(C)(C)C)c(O)cc1C)c1cc(C(C)(C)C)c(C=O)cc1C. The third-order valence-electron chi connectivity index (χ3n) is 5.89. The number of carbonyl (C=O) groups is 1. The van der Waals surface area contributed by atoms with Gasteiger partial charge in [-0.05, 0) is 76.6 Å². The van der Waals surface area contributed by atoms with E-state index in [2.05, 4.69) is 74.4 Å². The Morgan fingerprint density at radius 1 is 0.862 bits per heavy atom. The molecule has 0 heterocycles. The van der Waals surface area contributed by atoms with Crippen molar-refractivity contribution in [2.45, 2.75) is 91.9 Å². The van der Waals surface area contributed by atoms with Gasteiger partial charge in [0.1, 0.15) is 12.0 Å². The summed E-state index contributed by atoms with van der Waals surface area (Å²) in [7, 11) is 0. The Kier molecular flexibility index (Phi) is 6.67. The molecule has 0 aliphatic carbocycles. The number of aldehydes is 1. The monoisotopic (exact) mass is 394 g/mol. The van der Waals surface area contributed by atoms with Crippen LogP contribution >= 0.6 is 0 Å². The Hall–Kier alpha value is -2.09. The predicted molar refractivity (Wildman–Crippen MR) is 124 cm³/mol. The first-order chi connectivity index (χ1) is 13.3. The van der Waals surface area contributed by atoms with Crippen molar-refractivity contribution >= 4 is 6.29 Å². The quantitative estimate of drug-likeness (QED) is 0.538. The first-order valence-corrected chi connectivity index (χ1v) is 10.8. The molecule has 0 spiro atoms. The number of aromatic hydroxyl groups is 1. The second-order valence-electron chi connectivity index (χ2n) is 10.5. The van der Waals surface area contributed by atoms with Crippen molar-refractivity contribution in [3.8, 4) is 5.75 Å². The maximum absolute atomic E-state index is 11.7. The van der Waals surface area contributed by atoms with Crippen molar-refractivity contribution in [1.82, 2.24) is 0 Å². The van der Waals surface area contributed by atoms with Crippen LogP contribution in [-0.4, -0.2) is 11.4 Å². The summed E-state index contributed by atoms with van der Waals surface area (Å²) in [5, 5.41) is 10.6. The van der Waals surface area contributed by atoms with E-state index in [1.807, 2.05) is 12.1 Å². The van der Waals surface area contributed by atoms with Gasteiger partial charge >= 0.3 is 0 Å². The fourth-order valence-corrected chi connectivity index (χ4v) is 4.32. The molecule has 0 saturated carbocycles. The molecule has 0 saturated heterocycles. The van der Waals surface area contributed by atoms with Crippen LogP contribution in [0.1, 0.15) is 111 Å². The number of phenolic OH excluding ortho intramolecular Hbond substituents is 1. The van der Waals surface area contributed by atoms with E-state index in [4.69, 9.17) is 0 Å². The molecule has 2 rings (SSSR count). The maximum Gasteiger partial charge on any atom is 0.150 e. The second-order valence-corrected chi connectivity index (χ2v) is 10.5. The van der Waals surface area contributed by atoms with E-state index in [9.17, 15) is 9.90 Å². The maximum atomic E-state index is 11.7. The van der Waals surface area contributed by atoms with Gasteiger partial charge < -0.3 is 5.11 Å². The minimum Gasteiger partial charge on any atom is -0.508 e. The summed E-state index contributed by atoms with van der Waals surface area (Å²) in [6.45, 7) is 19.3. The van der Waals surface area contributed by atoms with Gasteiger partial charge in [0.2, 0.25) is 0 Å². The van der Waals surface area contributed by atoms with Crippen LogP contribution in [0.25, 0.3) is 0 Å². The average molecular weight is 395 g/mol. The highest BCUT2D eigenvalue weighted by atomic mass is 16.3. The third-order valence-corrected chi connectivity index (χ3v) is 5.89. The summed E-state index contributed by atoms with van der Waals surface area (Å²) in [4.78, 5) is 11.7. The second kappa shape index (κ2) is 8.34. The van der Waals surface area contributed by atoms with Crippen LogP contribution in [0.2, 0.25) is 0 Å². The van der Waals surface area contributed by atoms with Crippen molar-refractivity contribution in [3.63, 3.8) is 0 Å². The molecule has 0 aliphatic heterocycles. The molecular formula is C27H38O2. The van der Waals surface area contributed by atoms with E-state index in [0.29, 0.717) is 5.75 Å². The Labute approximate surface area is 177 Å². The predicted octanol–water partition coefficient (Wildman–Crippen LogP) is 7.35. The van der Waals surface area contributed by atoms with Crippen LogP contribution in [0.5, 0.6) is 5.75 Å². The van der Waals surface area contributed by atoms with E-state index in [-0.39, 0.29) is 16.7 Å². The number of phenols is 1. The lowest BCUT2D eigenvalue weighted by Crippen LogP contribution is -2.17. The summed E-state index contributed by atoms with van der Waals surface area (Å²) in [6, 6.07) is 8.42. The number of hydrogen-bond acceptors (Lipinski definition) is 2. The molecule has 2 heteroatoms. The minimum absolute atomic E-state index is 0.101. The van der Waals surface area contributed by atoms with E-state index in [0.717, 1.165) is 46.9 Å². The van der Waals surface area contributed by atoms with Gasteiger partial charge in [-0.3, -0.25) is 4.79 Å². The molecule has 2 aromatic carbocycles. The Morgan fingerprint density at radius 3 is 1.79 bits per heavy atom. The number of aryl methyl sites for hydroxylation is 2. The molecule has 0 fully saturated rings. The smallest absolute Gasteiger partial charge is 0.150 e. The van der Waals surface area contributed by atoms with Crippen molar-refractivity contribution in [2.24, 2.45) is 0 Å². The molecular weight excluding hydrogens is 356 g/mol. The fraction of sp³-hybridized carbons (Fsp3) is 0.519. The number of benzene rings is 2. The topological polar surface area (TPSA) is 37.3 Å². The normalized spacial score (nSPS) is 13.4. The van der Waals surface area contributed by atoms with Crippen LogP contribution in [0, 0.1) is 13.8 Å². The molecule has 0 aromatic heterocycles. The molecule has 1 N–H and O–H groups in total. The van der Waals surface area contributed by atoms with Gasteiger partial charge in [0, 0.05) is 11.5 Å². The Morgan fingerprint density at radius 2 is 1.34 bits per heavy atom. The van der Waals surface area contributed by atoms with E-state index >= 15 is 0 Å². The number of hydrogen-bond donors (Lipinski definition) is 1. The summed E-state index contributed by atoms with van der Waals surface area (Å²) in [6.07, 6.45) is 3.07. The zero-order chi connectivity index (χ0) is 22.1. The van der Waals surface area contributed by atoms with Crippen LogP contribution < -0.4 is 0 Å². The van der Waals surface area contributed by atoms with Crippen molar-refractivity contribution in [3.05, 3.63) is 63.2 Å². The molecule has 0 bridgehead atoms. The fourth-order valence-electron chi connectivity index (χ4n) is 4.32. The Bertz CT molecular complexity index is 892. The number of rotatable bonds is 5. The highest BCUT2D eigenvalue weighted by Gasteiger charge is 2.26. The zero-order valence-electron chi connectivity index (χ0n) is 19.7. The average Bonchev–Trinajstić information content (AvgIpc) is 2.58. The van der Waals surface area contributed by atoms with E-state index < -0.39 is 0 Å². The van der Waals surface area contributed by atoms with Gasteiger partial charge in [-0.1, -0.05) is 67.0 Å². The standard InChI is InChI=1S/C27H38O2/c1-10-11-20(22-15-24(27(7,8)9)25(29)13-18(22)3)21-14-23(26(4,5)6)19(16-28)12-17(21)2/h12-16,20,29H,10-11H2,1-9H3. The molecule has 2 nitrogen and oxygen atoms in total. The summed E-state index contributed by atoms with van der Waals surface area (Å²) in [5.74, 6) is 0.612. The number of carbonyl (C=O) groups excluding carboxylic acids is 1. The highest BCUT2D eigenvalue weighted by Crippen LogP contribution is 2.41. The van der Waals surface area contributed by atoms with Gasteiger partial charge in [-0.15, -0.1) is 0 Å². The molecule has 1 atom stereocenters. The van der Waals surface area contributed by atoms with E-state index in [1.165, 1.54) is 11.1 Å². The molecule has 2 aromatic rings. The first-order valence-electron chi connectivity index (χ1n) is 10.8. The van der Waals surface area contributed by atoms with Gasteiger partial charge in [0.25, 0.3) is 0 Å². The van der Waals surface area contributed by atoms with Crippen LogP contribution in [0.3, 0.4) is 0 Å². The van der Waals surface area contributed by atoms with Crippen molar-refractivity contribution in [2.75, 3.05) is 0 Å². The third kappa shape index (κ3) is 4.91. The lowest BCUT2D eigenvalue weighted by atomic mass is 9.76. The summed E-state index contributed by atoms with van der Waals surface area (Å²) < 4.78 is 0. The zero-order valence-corrected chi connectivity index (χ0v) is 19.7. The molecule has 29 heavy (non-hydrogen) atoms. The Balaban J connectivity index is 2.78. The van der Waals surface area contributed by atoms with Crippen LogP contribution in [0.15, 0.2) is 24.3 Å². The largest absolute Gasteiger partial charge is 0.508 e. The summed E-state index contributed by atoms with van der Waals surface area (Å²) >= 11 is 0. The van der Waals surface area contributed by atoms with Gasteiger partial charge in [0.15, 0.2) is 0 Å². The lowest BCUT2D eigenvalue weighted by Gasteiger charge is -2.29. The molecule has 0 aliphatic rings. The molecule has 1 unspecified atom stereocenters. The molecule has 0 amide bonds. The van der Waals surface area contributed by atoms with Crippen molar-refractivity contribution in [1.29, 1.82) is 0 Å². The first kappa shape index (κ1) is 23.2. The lowest BCUT2D eigenvalue weighted by molar-refractivity contribution is 0.112. The van der Waals surface area contributed by atoms with Gasteiger partial charge in [0.05, 0.1) is 0 Å². The van der Waals surface area contributed by atoms with Crippen LogP contribution in [-0.2, 0) is 10.8 Å².